The maximum absolute atomic E-state index is 4.42. The van der Waals surface area contributed by atoms with E-state index in [4.69, 9.17) is 0 Å². The van der Waals surface area contributed by atoms with E-state index in [1.807, 2.05) is 13.8 Å². The van der Waals surface area contributed by atoms with Gasteiger partial charge in [0.25, 0.3) is 0 Å². The summed E-state index contributed by atoms with van der Waals surface area (Å²) in [7, 11) is 0. The van der Waals surface area contributed by atoms with Crippen molar-refractivity contribution in [2.75, 3.05) is 0 Å². The van der Waals surface area contributed by atoms with Gasteiger partial charge in [0.2, 0.25) is 0 Å². The lowest BCUT2D eigenvalue weighted by molar-refractivity contribution is 0.604. The molecule has 2 nitrogen and oxygen atoms in total. The van der Waals surface area contributed by atoms with Crippen LogP contribution in [0.15, 0.2) is 6.08 Å². The van der Waals surface area contributed by atoms with Gasteiger partial charge >= 0.3 is 0 Å². The van der Waals surface area contributed by atoms with Crippen LogP contribution in [0.5, 0.6) is 0 Å². The number of aromatic nitrogens is 2. The van der Waals surface area contributed by atoms with Crippen LogP contribution in [0.1, 0.15) is 37.2 Å². The molecule has 1 aliphatic rings. The Kier molecular flexibility index (Phi) is 3.29. The molecule has 1 aromatic heterocycles. The molecule has 0 fully saturated rings. The maximum atomic E-state index is 4.42. The molecule has 2 rings (SSSR count). The van der Waals surface area contributed by atoms with E-state index < -0.39 is 0 Å². The van der Waals surface area contributed by atoms with Gasteiger partial charge in [0, 0.05) is 6.54 Å². The summed E-state index contributed by atoms with van der Waals surface area (Å²) in [6.07, 6.45) is 5.50. The molecule has 0 spiro atoms. The molecule has 0 N–H and O–H groups in total. The first-order valence-electron chi connectivity index (χ1n) is 4.99. The fourth-order valence-corrected chi connectivity index (χ4v) is 1.46. The molecule has 1 aromatic rings. The first-order valence-corrected chi connectivity index (χ1v) is 4.99. The number of rotatable bonds is 0. The molecular formula is C11H18N2. The summed E-state index contributed by atoms with van der Waals surface area (Å²) in [5.74, 6) is 0. The number of hydrogen-bond donors (Lipinski definition) is 0. The second-order valence-electron chi connectivity index (χ2n) is 3.01. The minimum absolute atomic E-state index is 1.04. The average molecular weight is 178 g/mol. The van der Waals surface area contributed by atoms with Crippen molar-refractivity contribution in [3.63, 3.8) is 0 Å². The normalized spacial score (nSPS) is 13.2. The van der Waals surface area contributed by atoms with Gasteiger partial charge < -0.3 is 0 Å². The van der Waals surface area contributed by atoms with E-state index >= 15 is 0 Å². The molecule has 0 aliphatic carbocycles. The highest BCUT2D eigenvalue weighted by Crippen LogP contribution is 2.17. The van der Waals surface area contributed by atoms with Crippen molar-refractivity contribution in [1.29, 1.82) is 0 Å². The standard InChI is InChI=1S/C9H12N2.C2H6/c1-7-8(2)10-11-6-4-3-5-9(7)11;1-2/h3,5H,4,6H2,1-2H3;1-2H3. The monoisotopic (exact) mass is 178 g/mol. The molecule has 2 heteroatoms. The molecular weight excluding hydrogens is 160 g/mol. The van der Waals surface area contributed by atoms with Crippen LogP contribution >= 0.6 is 0 Å². The molecule has 1 aliphatic heterocycles. The van der Waals surface area contributed by atoms with Crippen LogP contribution in [0, 0.1) is 13.8 Å². The first-order chi connectivity index (χ1) is 6.29. The Balaban J connectivity index is 0.000000396. The lowest BCUT2D eigenvalue weighted by Gasteiger charge is -2.07. The van der Waals surface area contributed by atoms with Crippen LogP contribution < -0.4 is 0 Å². The Hall–Kier alpha value is -1.05. The van der Waals surface area contributed by atoms with Crippen molar-refractivity contribution in [2.45, 2.75) is 40.7 Å². The highest BCUT2D eigenvalue weighted by molar-refractivity contribution is 5.51. The molecule has 0 unspecified atom stereocenters. The molecule has 0 saturated carbocycles. The molecule has 0 aromatic carbocycles. The van der Waals surface area contributed by atoms with Crippen molar-refractivity contribution in [3.8, 4) is 0 Å². The minimum Gasteiger partial charge on any atom is -0.265 e. The number of aryl methyl sites for hydroxylation is 2. The van der Waals surface area contributed by atoms with Crippen molar-refractivity contribution < 1.29 is 0 Å². The van der Waals surface area contributed by atoms with Crippen molar-refractivity contribution in [1.82, 2.24) is 9.78 Å². The molecule has 72 valence electrons. The Bertz CT molecular complexity index is 308. The molecule has 2 heterocycles. The van der Waals surface area contributed by atoms with Crippen molar-refractivity contribution in [3.05, 3.63) is 23.0 Å². The third-order valence-corrected chi connectivity index (χ3v) is 2.26. The van der Waals surface area contributed by atoms with Crippen LogP contribution in [-0.2, 0) is 6.54 Å². The second-order valence-corrected chi connectivity index (χ2v) is 3.01. The highest BCUT2D eigenvalue weighted by atomic mass is 15.3. The third kappa shape index (κ3) is 1.82. The molecule has 0 atom stereocenters. The zero-order chi connectivity index (χ0) is 9.84. The van der Waals surface area contributed by atoms with Gasteiger partial charge in [-0.1, -0.05) is 19.9 Å². The number of nitrogens with zero attached hydrogens (tertiary/aromatic N) is 2. The van der Waals surface area contributed by atoms with E-state index in [-0.39, 0.29) is 0 Å². The molecule has 0 saturated heterocycles. The first kappa shape index (κ1) is 10.0. The molecule has 13 heavy (non-hydrogen) atoms. The topological polar surface area (TPSA) is 17.8 Å². The Morgan fingerprint density at radius 2 is 2.00 bits per heavy atom. The fourth-order valence-electron chi connectivity index (χ4n) is 1.46. The van der Waals surface area contributed by atoms with Crippen LogP contribution in [0.25, 0.3) is 6.08 Å². The quantitative estimate of drug-likeness (QED) is 0.597. The summed E-state index contributed by atoms with van der Waals surface area (Å²) in [4.78, 5) is 0. The highest BCUT2D eigenvalue weighted by Gasteiger charge is 2.10. The molecule has 0 bridgehead atoms. The van der Waals surface area contributed by atoms with Gasteiger partial charge in [0.1, 0.15) is 0 Å². The van der Waals surface area contributed by atoms with Crippen LogP contribution in [-0.4, -0.2) is 9.78 Å². The third-order valence-electron chi connectivity index (χ3n) is 2.26. The van der Waals surface area contributed by atoms with E-state index in [9.17, 15) is 0 Å². The number of hydrogen-bond acceptors (Lipinski definition) is 1. The largest absolute Gasteiger partial charge is 0.265 e. The van der Waals surface area contributed by atoms with Gasteiger partial charge in [-0.05, 0) is 31.9 Å². The maximum Gasteiger partial charge on any atom is 0.0638 e. The average Bonchev–Trinajstić information content (AvgIpc) is 2.47. The Labute approximate surface area is 80.3 Å². The van der Waals surface area contributed by atoms with E-state index in [0.29, 0.717) is 0 Å². The van der Waals surface area contributed by atoms with E-state index in [1.54, 1.807) is 0 Å². The van der Waals surface area contributed by atoms with Gasteiger partial charge in [0.05, 0.1) is 11.4 Å². The van der Waals surface area contributed by atoms with Gasteiger partial charge in [-0.2, -0.15) is 5.10 Å². The predicted molar refractivity (Wildman–Crippen MR) is 56.7 cm³/mol. The molecule has 0 radical (unpaired) electrons. The van der Waals surface area contributed by atoms with Gasteiger partial charge in [0.15, 0.2) is 0 Å². The summed E-state index contributed by atoms with van der Waals surface area (Å²) in [6.45, 7) is 9.23. The summed E-state index contributed by atoms with van der Waals surface area (Å²) in [5.41, 5.74) is 3.77. The van der Waals surface area contributed by atoms with Gasteiger partial charge in [-0.3, -0.25) is 4.68 Å². The summed E-state index contributed by atoms with van der Waals surface area (Å²) >= 11 is 0. The number of fused-ring (bicyclic) bond motifs is 1. The van der Waals surface area contributed by atoms with Crippen molar-refractivity contribution in [2.24, 2.45) is 0 Å². The van der Waals surface area contributed by atoms with Crippen molar-refractivity contribution >= 4 is 6.08 Å². The summed E-state index contributed by atoms with van der Waals surface area (Å²) in [5, 5.41) is 4.42. The Morgan fingerprint density at radius 3 is 2.62 bits per heavy atom. The second kappa shape index (κ2) is 4.26. The van der Waals surface area contributed by atoms with Crippen LogP contribution in [0.2, 0.25) is 0 Å². The minimum atomic E-state index is 1.04. The zero-order valence-corrected chi connectivity index (χ0v) is 8.96. The van der Waals surface area contributed by atoms with Crippen LogP contribution in [0.4, 0.5) is 0 Å². The molecule has 0 amide bonds. The Morgan fingerprint density at radius 1 is 1.31 bits per heavy atom. The summed E-state index contributed by atoms with van der Waals surface area (Å²) in [6, 6.07) is 0. The summed E-state index contributed by atoms with van der Waals surface area (Å²) < 4.78 is 2.09. The van der Waals surface area contributed by atoms with Gasteiger partial charge in [-0.15, -0.1) is 0 Å². The number of allylic oxidation sites excluding steroid dienone is 1. The van der Waals surface area contributed by atoms with E-state index in [1.165, 1.54) is 11.3 Å². The fraction of sp³-hybridized carbons (Fsp3) is 0.545. The van der Waals surface area contributed by atoms with E-state index in [0.717, 1.165) is 18.7 Å². The lowest BCUT2D eigenvalue weighted by Crippen LogP contribution is -2.04. The smallest absolute Gasteiger partial charge is 0.0638 e. The predicted octanol–water partition coefficient (Wildman–Crippen LogP) is 2.94. The zero-order valence-electron chi connectivity index (χ0n) is 8.96. The lowest BCUT2D eigenvalue weighted by atomic mass is 10.1. The SMILES string of the molecule is CC.Cc1nn2c(c1C)C=CCC2. The van der Waals surface area contributed by atoms with E-state index in [2.05, 4.69) is 35.8 Å². The van der Waals surface area contributed by atoms with Crippen LogP contribution in [0.3, 0.4) is 0 Å². The van der Waals surface area contributed by atoms with Gasteiger partial charge in [-0.25, -0.2) is 0 Å².